The molecule has 39 heavy (non-hydrogen) atoms. The third kappa shape index (κ3) is 9.32. The van der Waals surface area contributed by atoms with Gasteiger partial charge in [-0.3, -0.25) is 4.79 Å². The van der Waals surface area contributed by atoms with Crippen LogP contribution >= 0.6 is 0 Å². The van der Waals surface area contributed by atoms with Gasteiger partial charge in [-0.15, -0.1) is 0 Å². The monoisotopic (exact) mass is 541 g/mol. The van der Waals surface area contributed by atoms with E-state index in [1.165, 1.54) is 24.8 Å². The van der Waals surface area contributed by atoms with Gasteiger partial charge in [0.15, 0.2) is 11.5 Å². The largest absolute Gasteiger partial charge is 0.508 e. The van der Waals surface area contributed by atoms with Crippen LogP contribution in [0.2, 0.25) is 0 Å². The third-order valence-electron chi connectivity index (χ3n) is 7.51. The third-order valence-corrected chi connectivity index (χ3v) is 7.51. The average molecular weight is 542 g/mol. The molecule has 2 aromatic rings. The molecule has 0 aromatic heterocycles. The molecule has 8 heteroatoms. The Morgan fingerprint density at radius 3 is 1.97 bits per heavy atom. The number of carbonyl (C=O) groups is 1. The van der Waals surface area contributed by atoms with Gasteiger partial charge in [0.25, 0.3) is 0 Å². The number of rotatable bonds is 14. The number of carbonyl (C=O) groups excluding carboxylic acids is 1. The molecule has 2 aromatic carbocycles. The number of nitrogens with zero attached hydrogens (tertiary/aromatic N) is 2. The van der Waals surface area contributed by atoms with Crippen LogP contribution in [0.3, 0.4) is 0 Å². The molecule has 0 spiro atoms. The van der Waals surface area contributed by atoms with Gasteiger partial charge >= 0.3 is 0 Å². The molecular formula is C31H47N3O5. The minimum Gasteiger partial charge on any atom is -0.508 e. The maximum Gasteiger partial charge on any atom is 0.224 e. The first kappa shape index (κ1) is 30.6. The quantitative estimate of drug-likeness (QED) is 0.252. The summed E-state index contributed by atoms with van der Waals surface area (Å²) in [7, 11) is 4.94. The Balaban J connectivity index is 1.32. The number of hydrogen-bond acceptors (Lipinski definition) is 7. The number of phenolic OH excluding ortho intramolecular Hbond substituents is 1. The lowest BCUT2D eigenvalue weighted by atomic mass is 10.1. The first-order valence-electron chi connectivity index (χ1n) is 14.2. The van der Waals surface area contributed by atoms with E-state index in [0.717, 1.165) is 75.3 Å². The van der Waals surface area contributed by atoms with Crippen molar-refractivity contribution in [2.45, 2.75) is 58.8 Å². The van der Waals surface area contributed by atoms with E-state index in [0.29, 0.717) is 23.7 Å². The molecule has 0 unspecified atom stereocenters. The van der Waals surface area contributed by atoms with Crippen LogP contribution in [0.15, 0.2) is 24.3 Å². The van der Waals surface area contributed by atoms with Gasteiger partial charge in [0, 0.05) is 25.2 Å². The molecule has 0 aliphatic carbocycles. The van der Waals surface area contributed by atoms with E-state index in [2.05, 4.69) is 15.1 Å². The summed E-state index contributed by atoms with van der Waals surface area (Å²) in [6.45, 7) is 10.3. The van der Waals surface area contributed by atoms with Gasteiger partial charge < -0.3 is 34.4 Å². The fourth-order valence-corrected chi connectivity index (χ4v) is 5.40. The zero-order valence-electron chi connectivity index (χ0n) is 24.5. The number of anilines is 1. The molecule has 0 radical (unpaired) electrons. The number of unbranched alkanes of at least 4 members (excludes halogenated alkanes) is 2. The molecule has 216 valence electrons. The Labute approximate surface area is 234 Å². The summed E-state index contributed by atoms with van der Waals surface area (Å²) in [6.07, 6.45) is 7.03. The second-order valence-corrected chi connectivity index (χ2v) is 10.5. The molecular weight excluding hydrogens is 494 g/mol. The van der Waals surface area contributed by atoms with E-state index in [1.54, 1.807) is 33.5 Å². The number of phenols is 1. The predicted octanol–water partition coefficient (Wildman–Crippen LogP) is 5.17. The molecule has 1 aliphatic rings. The second-order valence-electron chi connectivity index (χ2n) is 10.5. The van der Waals surface area contributed by atoms with Crippen molar-refractivity contribution in [3.8, 4) is 23.0 Å². The normalized spacial score (nSPS) is 14.6. The molecule has 1 aliphatic heterocycles. The van der Waals surface area contributed by atoms with Crippen LogP contribution in [0.1, 0.15) is 55.2 Å². The number of amides is 1. The Morgan fingerprint density at radius 2 is 1.41 bits per heavy atom. The summed E-state index contributed by atoms with van der Waals surface area (Å²) in [5.74, 6) is 2.33. The smallest absolute Gasteiger partial charge is 0.224 e. The number of aryl methyl sites for hydroxylation is 3. The maximum atomic E-state index is 12.5. The van der Waals surface area contributed by atoms with Crippen LogP contribution in [0.5, 0.6) is 23.0 Å². The number of methoxy groups -OCH3 is 3. The summed E-state index contributed by atoms with van der Waals surface area (Å²) >= 11 is 0. The lowest BCUT2D eigenvalue weighted by molar-refractivity contribution is -0.116. The van der Waals surface area contributed by atoms with Crippen LogP contribution in [-0.4, -0.2) is 81.4 Å². The lowest BCUT2D eigenvalue weighted by Crippen LogP contribution is -2.32. The van der Waals surface area contributed by atoms with Crippen molar-refractivity contribution in [1.82, 2.24) is 9.80 Å². The van der Waals surface area contributed by atoms with Crippen molar-refractivity contribution in [1.29, 1.82) is 0 Å². The van der Waals surface area contributed by atoms with Gasteiger partial charge in [-0.25, -0.2) is 0 Å². The van der Waals surface area contributed by atoms with E-state index in [1.807, 2.05) is 26.0 Å². The van der Waals surface area contributed by atoms with Crippen LogP contribution in [0, 0.1) is 13.8 Å². The maximum absolute atomic E-state index is 12.5. The highest BCUT2D eigenvalue weighted by Gasteiger charge is 2.16. The number of aromatic hydroxyl groups is 1. The lowest BCUT2D eigenvalue weighted by Gasteiger charge is -2.21. The fraction of sp³-hybridized carbons (Fsp3) is 0.581. The number of benzene rings is 2. The molecule has 8 nitrogen and oxygen atoms in total. The highest BCUT2D eigenvalue weighted by Crippen LogP contribution is 2.38. The van der Waals surface area contributed by atoms with Crippen molar-refractivity contribution < 1.29 is 24.1 Å². The average Bonchev–Trinajstić information content (AvgIpc) is 3.15. The van der Waals surface area contributed by atoms with Gasteiger partial charge in [0.1, 0.15) is 5.75 Å². The van der Waals surface area contributed by atoms with Crippen molar-refractivity contribution in [2.75, 3.05) is 65.9 Å². The summed E-state index contributed by atoms with van der Waals surface area (Å²) < 4.78 is 16.4. The predicted molar refractivity (Wildman–Crippen MR) is 157 cm³/mol. The molecule has 0 atom stereocenters. The standard InChI is InChI=1S/C31H47N3O5/c1-23-19-26(35)20-24(2)30(23)32-29(36)12-9-14-34-16-10-15-33(17-18-34)13-8-6-7-11-25-21-27(37-3)31(39-5)28(22-25)38-4/h19-22,35H,6-18H2,1-5H3,(H,32,36). The molecule has 1 fully saturated rings. The summed E-state index contributed by atoms with van der Waals surface area (Å²) in [6, 6.07) is 7.45. The van der Waals surface area contributed by atoms with E-state index in [-0.39, 0.29) is 11.7 Å². The summed E-state index contributed by atoms with van der Waals surface area (Å²) in [5, 5.41) is 12.7. The molecule has 1 heterocycles. The Kier molecular flexibility index (Phi) is 12.2. The van der Waals surface area contributed by atoms with Crippen molar-refractivity contribution in [2.24, 2.45) is 0 Å². The Morgan fingerprint density at radius 1 is 0.821 bits per heavy atom. The number of hydrogen-bond donors (Lipinski definition) is 2. The van der Waals surface area contributed by atoms with Gasteiger partial charge in [-0.2, -0.15) is 0 Å². The Hall–Kier alpha value is -2.97. The topological polar surface area (TPSA) is 83.5 Å². The second kappa shape index (κ2) is 15.6. The molecule has 3 rings (SSSR count). The first-order valence-corrected chi connectivity index (χ1v) is 14.2. The zero-order valence-corrected chi connectivity index (χ0v) is 24.5. The summed E-state index contributed by atoms with van der Waals surface area (Å²) in [4.78, 5) is 17.6. The van der Waals surface area contributed by atoms with Gasteiger partial charge in [0.05, 0.1) is 21.3 Å². The fourth-order valence-electron chi connectivity index (χ4n) is 5.40. The van der Waals surface area contributed by atoms with E-state index < -0.39 is 0 Å². The van der Waals surface area contributed by atoms with E-state index in [9.17, 15) is 9.90 Å². The SMILES string of the molecule is COc1cc(CCCCCN2CCCN(CCCC(=O)Nc3c(C)cc(O)cc3C)CC2)cc(OC)c1OC. The molecule has 0 bridgehead atoms. The van der Waals surface area contributed by atoms with Crippen LogP contribution in [-0.2, 0) is 11.2 Å². The molecule has 0 saturated carbocycles. The van der Waals surface area contributed by atoms with Gasteiger partial charge in [-0.1, -0.05) is 6.42 Å². The number of nitrogens with one attached hydrogen (secondary N) is 1. The van der Waals surface area contributed by atoms with E-state index >= 15 is 0 Å². The molecule has 1 saturated heterocycles. The van der Waals surface area contributed by atoms with Crippen molar-refractivity contribution >= 4 is 11.6 Å². The minimum absolute atomic E-state index is 0.0369. The highest BCUT2D eigenvalue weighted by molar-refractivity contribution is 5.92. The van der Waals surface area contributed by atoms with Crippen LogP contribution < -0.4 is 19.5 Å². The van der Waals surface area contributed by atoms with Crippen LogP contribution in [0.25, 0.3) is 0 Å². The summed E-state index contributed by atoms with van der Waals surface area (Å²) in [5.41, 5.74) is 3.79. The Bertz CT molecular complexity index is 1030. The number of ether oxygens (including phenoxy) is 3. The van der Waals surface area contributed by atoms with Crippen molar-refractivity contribution in [3.63, 3.8) is 0 Å². The van der Waals surface area contributed by atoms with Crippen LogP contribution in [0.4, 0.5) is 5.69 Å². The van der Waals surface area contributed by atoms with Gasteiger partial charge in [-0.05, 0) is 113 Å². The molecule has 1 amide bonds. The molecule has 2 N–H and O–H groups in total. The highest BCUT2D eigenvalue weighted by atomic mass is 16.5. The van der Waals surface area contributed by atoms with Crippen molar-refractivity contribution in [3.05, 3.63) is 41.0 Å². The first-order chi connectivity index (χ1) is 18.8. The minimum atomic E-state index is 0.0369. The zero-order chi connectivity index (χ0) is 28.2. The van der Waals surface area contributed by atoms with Gasteiger partial charge in [0.2, 0.25) is 11.7 Å². The van der Waals surface area contributed by atoms with E-state index in [4.69, 9.17) is 14.2 Å².